The Labute approximate surface area is 206 Å². The number of fused-ring (bicyclic) bond motifs is 1. The number of carbonyl (C=O) groups excluding carboxylic acids is 1. The Morgan fingerprint density at radius 3 is 2.53 bits per heavy atom. The molecule has 12 nitrogen and oxygen atoms in total. The van der Waals surface area contributed by atoms with Gasteiger partial charge in [0.2, 0.25) is 0 Å². The van der Waals surface area contributed by atoms with Crippen molar-refractivity contribution in [2.24, 2.45) is 0 Å². The van der Waals surface area contributed by atoms with Crippen molar-refractivity contribution in [3.63, 3.8) is 0 Å². The van der Waals surface area contributed by atoms with Gasteiger partial charge in [0.1, 0.15) is 29.8 Å². The fourth-order valence-corrected chi connectivity index (χ4v) is 5.75. The van der Waals surface area contributed by atoms with Gasteiger partial charge in [-0.25, -0.2) is 13.8 Å². The number of nitrogens with one attached hydrogen (secondary N) is 1. The van der Waals surface area contributed by atoms with Gasteiger partial charge < -0.3 is 24.8 Å². The summed E-state index contributed by atoms with van der Waals surface area (Å²) in [6.07, 6.45) is -3.52. The number of hydrogen-bond donors (Lipinski definition) is 3. The average molecular weight is 526 g/mol. The molecule has 1 saturated heterocycles. The molecule has 0 spiro atoms. The molecule has 1 saturated carbocycles. The van der Waals surface area contributed by atoms with Crippen LogP contribution in [0, 0.1) is 0 Å². The lowest BCUT2D eigenvalue weighted by Gasteiger charge is -2.31. The van der Waals surface area contributed by atoms with Crippen LogP contribution in [-0.4, -0.2) is 56.3 Å². The highest BCUT2D eigenvalue weighted by atomic mass is 31.2. The fourth-order valence-electron chi connectivity index (χ4n) is 4.05. The molecule has 36 heavy (non-hydrogen) atoms. The van der Waals surface area contributed by atoms with E-state index in [1.54, 1.807) is 32.0 Å². The summed E-state index contributed by atoms with van der Waals surface area (Å²) in [5.41, 5.74) is -0.233. The lowest BCUT2D eigenvalue weighted by molar-refractivity contribution is -0.149. The predicted molar refractivity (Wildman–Crippen MR) is 125 cm³/mol. The van der Waals surface area contributed by atoms with E-state index in [1.165, 1.54) is 31.3 Å². The molecule has 0 bridgehead atoms. The molecule has 14 heteroatoms. The molecule has 1 aromatic carbocycles. The van der Waals surface area contributed by atoms with Crippen molar-refractivity contribution in [2.75, 3.05) is 5.73 Å². The van der Waals surface area contributed by atoms with Crippen molar-refractivity contribution < 1.29 is 37.4 Å². The number of nitrogens with two attached hydrogens (primary N) is 1. The molecule has 2 heterocycles. The largest absolute Gasteiger partial charge is 0.462 e. The second kappa shape index (κ2) is 9.24. The number of hydrogen-bond acceptors (Lipinski definition) is 10. The number of aliphatic hydroxyl groups is 1. The van der Waals surface area contributed by atoms with E-state index < -0.39 is 61.3 Å². The van der Waals surface area contributed by atoms with Crippen molar-refractivity contribution in [3.05, 3.63) is 53.1 Å². The van der Waals surface area contributed by atoms with Gasteiger partial charge in [0.05, 0.1) is 6.10 Å². The van der Waals surface area contributed by atoms with Crippen LogP contribution < -0.4 is 21.0 Å². The van der Waals surface area contributed by atoms with Crippen molar-refractivity contribution in [2.45, 2.75) is 69.5 Å². The first-order chi connectivity index (χ1) is 16.8. The first kappa shape index (κ1) is 26.2. The number of benzene rings is 1. The summed E-state index contributed by atoms with van der Waals surface area (Å²) in [5.74, 6) is -0.644. The summed E-state index contributed by atoms with van der Waals surface area (Å²) in [4.78, 5) is 28.1. The van der Waals surface area contributed by atoms with E-state index in [2.05, 4.69) is 10.1 Å². The molecule has 1 aliphatic carbocycles. The first-order valence-corrected chi connectivity index (χ1v) is 12.8. The molecular formula is C22H28FN4O8P. The number of carbonyl (C=O) groups is 1. The summed E-state index contributed by atoms with van der Waals surface area (Å²) >= 11 is 0. The normalized spacial score (nSPS) is 31.4. The first-order valence-electron chi connectivity index (χ1n) is 11.2. The van der Waals surface area contributed by atoms with Gasteiger partial charge in [0, 0.05) is 6.20 Å². The van der Waals surface area contributed by atoms with Gasteiger partial charge in [0.25, 0.3) is 0 Å². The van der Waals surface area contributed by atoms with Crippen LogP contribution >= 0.6 is 7.75 Å². The van der Waals surface area contributed by atoms with Crippen molar-refractivity contribution in [1.29, 1.82) is 0 Å². The van der Waals surface area contributed by atoms with Gasteiger partial charge in [-0.1, -0.05) is 18.2 Å². The standard InChI is InChI=1S/C22H28FN4O8P/c1-12(2)32-18(28)13(3)26-36(31,34-14-8-6-5-7-9-14)35-17-16-22(17,30)21(4,23)19(33-16)27-11-10-15(24)25-20(27)29/h5-13,16-17,19,30H,1-4H3,(H,26,31)(H2,24,25,29)/t13-,16+,17?,19+,21-,22-,36?/m0/s1. The van der Waals surface area contributed by atoms with E-state index >= 15 is 4.39 Å². The second-order valence-corrected chi connectivity index (χ2v) is 10.8. The van der Waals surface area contributed by atoms with Crippen molar-refractivity contribution in [1.82, 2.24) is 14.6 Å². The Morgan fingerprint density at radius 2 is 1.97 bits per heavy atom. The number of esters is 1. The third kappa shape index (κ3) is 4.64. The number of anilines is 1. The number of nitrogens with zero attached hydrogens (tertiary/aromatic N) is 2. The SMILES string of the molecule is CC(C)OC(=O)[C@H](C)NP(=O)(Oc1ccccc1)OC1[C@H]2O[C@@H](n3ccc(N)nc3=O)[C@](C)(F)[C@@]12O. The Balaban J connectivity index is 1.57. The smallest absolute Gasteiger partial charge is 0.459 e. The quantitative estimate of drug-likeness (QED) is 0.322. The predicted octanol–water partition coefficient (Wildman–Crippen LogP) is 1.70. The van der Waals surface area contributed by atoms with E-state index in [0.717, 1.165) is 11.5 Å². The van der Waals surface area contributed by atoms with Crippen LogP contribution in [0.5, 0.6) is 5.75 Å². The van der Waals surface area contributed by atoms with Crippen LogP contribution in [0.4, 0.5) is 10.2 Å². The molecule has 1 aliphatic heterocycles. The molecule has 0 amide bonds. The molecule has 7 atom stereocenters. The van der Waals surface area contributed by atoms with Crippen molar-refractivity contribution >= 4 is 19.5 Å². The van der Waals surface area contributed by atoms with Gasteiger partial charge in [0.15, 0.2) is 17.5 Å². The zero-order chi connectivity index (χ0) is 26.5. The number of alkyl halides is 1. The zero-order valence-electron chi connectivity index (χ0n) is 20.0. The fraction of sp³-hybridized carbons (Fsp3) is 0.500. The highest BCUT2D eigenvalue weighted by Crippen LogP contribution is 2.66. The Morgan fingerprint density at radius 1 is 1.31 bits per heavy atom. The third-order valence-electron chi connectivity index (χ3n) is 5.94. The van der Waals surface area contributed by atoms with Gasteiger partial charge >= 0.3 is 19.4 Å². The van der Waals surface area contributed by atoms with Crippen LogP contribution in [0.15, 0.2) is 47.4 Å². The number of halogens is 1. The molecule has 2 fully saturated rings. The van der Waals surface area contributed by atoms with Crippen LogP contribution in [0.2, 0.25) is 0 Å². The molecule has 4 rings (SSSR count). The zero-order valence-corrected chi connectivity index (χ0v) is 20.9. The van der Waals surface area contributed by atoms with Crippen LogP contribution in [0.3, 0.4) is 0 Å². The third-order valence-corrected chi connectivity index (χ3v) is 7.60. The lowest BCUT2D eigenvalue weighted by atomic mass is 9.97. The van der Waals surface area contributed by atoms with Crippen LogP contribution in [-0.2, 0) is 23.4 Å². The average Bonchev–Trinajstić information content (AvgIpc) is 3.27. The maximum atomic E-state index is 15.9. The molecule has 196 valence electrons. The Bertz CT molecular complexity index is 1240. The van der Waals surface area contributed by atoms with E-state index in [0.29, 0.717) is 0 Å². The molecular weight excluding hydrogens is 498 g/mol. The van der Waals surface area contributed by atoms with Gasteiger partial charge in [-0.2, -0.15) is 10.1 Å². The maximum Gasteiger partial charge on any atom is 0.459 e. The van der Waals surface area contributed by atoms with Gasteiger partial charge in [-0.05, 0) is 45.9 Å². The second-order valence-electron chi connectivity index (χ2n) is 9.12. The molecule has 2 aromatic rings. The number of aromatic nitrogens is 2. The summed E-state index contributed by atoms with van der Waals surface area (Å²) in [5, 5.41) is 13.6. The topological polar surface area (TPSA) is 164 Å². The monoisotopic (exact) mass is 526 g/mol. The maximum absolute atomic E-state index is 15.9. The minimum atomic E-state index is -4.40. The van der Waals surface area contributed by atoms with Crippen LogP contribution in [0.25, 0.3) is 0 Å². The van der Waals surface area contributed by atoms with Crippen molar-refractivity contribution in [3.8, 4) is 5.75 Å². The molecule has 2 unspecified atom stereocenters. The molecule has 2 aliphatic rings. The number of para-hydroxylation sites is 1. The van der Waals surface area contributed by atoms with E-state index in [1.807, 2.05) is 0 Å². The Kier molecular flexibility index (Phi) is 6.73. The molecule has 0 radical (unpaired) electrons. The molecule has 1 aromatic heterocycles. The highest BCUT2D eigenvalue weighted by molar-refractivity contribution is 7.52. The Hall–Kier alpha value is -2.83. The molecule has 4 N–H and O–H groups in total. The van der Waals surface area contributed by atoms with Crippen LogP contribution in [0.1, 0.15) is 33.9 Å². The van der Waals surface area contributed by atoms with E-state index in [9.17, 15) is 19.3 Å². The number of ether oxygens (including phenoxy) is 2. The van der Waals surface area contributed by atoms with E-state index in [-0.39, 0.29) is 11.6 Å². The number of nitrogen functional groups attached to an aromatic ring is 1. The van der Waals surface area contributed by atoms with Gasteiger partial charge in [-0.3, -0.25) is 13.9 Å². The van der Waals surface area contributed by atoms with E-state index in [4.69, 9.17) is 24.3 Å². The van der Waals surface area contributed by atoms with Gasteiger partial charge in [-0.15, -0.1) is 0 Å². The minimum Gasteiger partial charge on any atom is -0.462 e. The lowest BCUT2D eigenvalue weighted by Crippen LogP contribution is -2.48. The minimum absolute atomic E-state index is 0.0601. The summed E-state index contributed by atoms with van der Waals surface area (Å²) in [6, 6.07) is 8.11. The highest BCUT2D eigenvalue weighted by Gasteiger charge is 2.85. The summed E-state index contributed by atoms with van der Waals surface area (Å²) in [7, 11) is -4.40. The number of rotatable bonds is 9. The summed E-state index contributed by atoms with van der Waals surface area (Å²) < 4.78 is 52.4. The summed E-state index contributed by atoms with van der Waals surface area (Å²) in [6.45, 7) is 5.73.